The maximum absolute atomic E-state index is 11.9. The van der Waals surface area contributed by atoms with Crippen LogP contribution < -0.4 is 5.73 Å². The molecule has 1 spiro atoms. The molecule has 2 heterocycles. The minimum atomic E-state index is -0.246. The van der Waals surface area contributed by atoms with Crippen LogP contribution in [0.3, 0.4) is 0 Å². The van der Waals surface area contributed by atoms with Crippen LogP contribution >= 0.6 is 0 Å². The van der Waals surface area contributed by atoms with E-state index in [9.17, 15) is 4.79 Å². The molecule has 0 atom stereocenters. The van der Waals surface area contributed by atoms with Gasteiger partial charge in [-0.2, -0.15) is 4.99 Å². The Morgan fingerprint density at radius 1 is 1.41 bits per heavy atom. The molecular weight excluding hydrogens is 216 g/mol. The van der Waals surface area contributed by atoms with Crippen LogP contribution in [-0.2, 0) is 0 Å². The molecule has 2 aliphatic heterocycles. The first-order valence-corrected chi connectivity index (χ1v) is 6.57. The molecule has 5 nitrogen and oxygen atoms in total. The summed E-state index contributed by atoms with van der Waals surface area (Å²) in [5, 5.41) is 0. The number of urea groups is 1. The van der Waals surface area contributed by atoms with Gasteiger partial charge in [0.2, 0.25) is 0 Å². The second-order valence-corrected chi connectivity index (χ2v) is 5.35. The first kappa shape index (κ1) is 11.0. The number of amidine groups is 1. The molecule has 3 aliphatic rings. The van der Waals surface area contributed by atoms with Crippen LogP contribution in [0.2, 0.25) is 0 Å². The van der Waals surface area contributed by atoms with Crippen LogP contribution in [0.25, 0.3) is 0 Å². The molecule has 5 heteroatoms. The number of hydrogen-bond donors (Lipinski definition) is 1. The number of nitrogens with zero attached hydrogens (tertiary/aromatic N) is 3. The van der Waals surface area contributed by atoms with Crippen molar-refractivity contribution in [1.82, 2.24) is 9.80 Å². The number of likely N-dealkylation sites (tertiary alicyclic amines) is 1. The van der Waals surface area contributed by atoms with Crippen LogP contribution in [-0.4, -0.2) is 52.9 Å². The third-order valence-corrected chi connectivity index (χ3v) is 4.40. The van der Waals surface area contributed by atoms with Crippen molar-refractivity contribution in [3.05, 3.63) is 0 Å². The second-order valence-electron chi connectivity index (χ2n) is 5.35. The molecule has 0 aromatic heterocycles. The summed E-state index contributed by atoms with van der Waals surface area (Å²) >= 11 is 0. The van der Waals surface area contributed by atoms with E-state index in [0.29, 0.717) is 11.9 Å². The van der Waals surface area contributed by atoms with Gasteiger partial charge >= 0.3 is 6.03 Å². The van der Waals surface area contributed by atoms with Gasteiger partial charge in [-0.3, -0.25) is 0 Å². The quantitative estimate of drug-likeness (QED) is 0.771. The Hall–Kier alpha value is -1.10. The van der Waals surface area contributed by atoms with Gasteiger partial charge in [0.05, 0.1) is 0 Å². The van der Waals surface area contributed by atoms with E-state index in [1.807, 2.05) is 4.90 Å². The van der Waals surface area contributed by atoms with Gasteiger partial charge in [-0.25, -0.2) is 4.79 Å². The highest BCUT2D eigenvalue weighted by atomic mass is 16.2. The van der Waals surface area contributed by atoms with E-state index in [1.54, 1.807) is 0 Å². The van der Waals surface area contributed by atoms with Crippen molar-refractivity contribution in [3.8, 4) is 0 Å². The highest BCUT2D eigenvalue weighted by Crippen LogP contribution is 2.41. The zero-order chi connectivity index (χ0) is 12.0. The SMILES string of the molecule is CCN1CCC2(CC1)C(N)=NC(=O)N2C1CC1. The van der Waals surface area contributed by atoms with Crippen LogP contribution in [0.15, 0.2) is 4.99 Å². The lowest BCUT2D eigenvalue weighted by atomic mass is 9.85. The van der Waals surface area contributed by atoms with E-state index < -0.39 is 0 Å². The van der Waals surface area contributed by atoms with E-state index >= 15 is 0 Å². The first-order valence-electron chi connectivity index (χ1n) is 6.57. The Balaban J connectivity index is 1.84. The molecule has 2 N–H and O–H groups in total. The zero-order valence-corrected chi connectivity index (χ0v) is 10.4. The van der Waals surface area contributed by atoms with Gasteiger partial charge in [-0.05, 0) is 32.2 Å². The van der Waals surface area contributed by atoms with Crippen molar-refractivity contribution in [1.29, 1.82) is 0 Å². The summed E-state index contributed by atoms with van der Waals surface area (Å²) in [4.78, 5) is 20.3. The maximum Gasteiger partial charge on any atom is 0.346 e. The molecule has 0 bridgehead atoms. The van der Waals surface area contributed by atoms with E-state index in [-0.39, 0.29) is 11.6 Å². The Labute approximate surface area is 102 Å². The third kappa shape index (κ3) is 1.56. The van der Waals surface area contributed by atoms with Crippen molar-refractivity contribution in [3.63, 3.8) is 0 Å². The summed E-state index contributed by atoms with van der Waals surface area (Å²) in [7, 11) is 0. The summed E-state index contributed by atoms with van der Waals surface area (Å²) in [5.74, 6) is 0.560. The predicted molar refractivity (Wildman–Crippen MR) is 66.0 cm³/mol. The van der Waals surface area contributed by atoms with Gasteiger partial charge in [-0.15, -0.1) is 0 Å². The maximum atomic E-state index is 11.9. The summed E-state index contributed by atoms with van der Waals surface area (Å²) < 4.78 is 0. The van der Waals surface area contributed by atoms with E-state index in [0.717, 1.165) is 45.3 Å². The Morgan fingerprint density at radius 2 is 2.06 bits per heavy atom. The molecule has 0 radical (unpaired) electrons. The first-order chi connectivity index (χ1) is 8.17. The normalized spacial score (nSPS) is 28.9. The minimum absolute atomic E-state index is 0.102. The topological polar surface area (TPSA) is 61.9 Å². The lowest BCUT2D eigenvalue weighted by molar-refractivity contribution is 0.0988. The predicted octanol–water partition coefficient (Wildman–Crippen LogP) is 0.796. The Kier molecular flexibility index (Phi) is 2.40. The second kappa shape index (κ2) is 3.70. The molecule has 94 valence electrons. The van der Waals surface area contributed by atoms with Gasteiger partial charge in [-0.1, -0.05) is 6.92 Å². The number of amides is 2. The highest BCUT2D eigenvalue weighted by molar-refractivity contribution is 6.06. The van der Waals surface area contributed by atoms with E-state index in [2.05, 4.69) is 16.8 Å². The number of piperidine rings is 1. The highest BCUT2D eigenvalue weighted by Gasteiger charge is 2.54. The van der Waals surface area contributed by atoms with Crippen molar-refractivity contribution in [2.75, 3.05) is 19.6 Å². The minimum Gasteiger partial charge on any atom is -0.385 e. The van der Waals surface area contributed by atoms with Crippen molar-refractivity contribution < 1.29 is 4.79 Å². The fourth-order valence-electron chi connectivity index (χ4n) is 3.14. The molecule has 1 aliphatic carbocycles. The number of nitrogens with two attached hydrogens (primary N) is 1. The number of rotatable bonds is 2. The lowest BCUT2D eigenvalue weighted by Crippen LogP contribution is -2.60. The summed E-state index contributed by atoms with van der Waals surface area (Å²) in [6.45, 7) is 5.28. The number of carbonyl (C=O) groups is 1. The molecule has 0 unspecified atom stereocenters. The third-order valence-electron chi connectivity index (χ3n) is 4.40. The smallest absolute Gasteiger partial charge is 0.346 e. The number of hydrogen-bond acceptors (Lipinski definition) is 3. The molecule has 1 saturated heterocycles. The van der Waals surface area contributed by atoms with Gasteiger partial charge in [0.15, 0.2) is 0 Å². The van der Waals surface area contributed by atoms with Crippen LogP contribution in [0.1, 0.15) is 32.6 Å². The Bertz CT molecular complexity index is 367. The van der Waals surface area contributed by atoms with E-state index in [1.165, 1.54) is 0 Å². The lowest BCUT2D eigenvalue weighted by Gasteiger charge is -2.44. The largest absolute Gasteiger partial charge is 0.385 e. The van der Waals surface area contributed by atoms with Crippen LogP contribution in [0.4, 0.5) is 4.79 Å². The molecule has 2 amide bonds. The van der Waals surface area contributed by atoms with Crippen LogP contribution in [0.5, 0.6) is 0 Å². The molecule has 17 heavy (non-hydrogen) atoms. The molecule has 2 fully saturated rings. The number of carbonyl (C=O) groups excluding carboxylic acids is 1. The molecule has 0 aromatic carbocycles. The standard InChI is InChI=1S/C12H20N4O/c1-2-15-7-5-12(6-8-15)10(13)14-11(17)16(12)9-3-4-9/h9H,2-8H2,1H3,(H2,13,14,17). The van der Waals surface area contributed by atoms with Crippen molar-refractivity contribution >= 4 is 11.9 Å². The Morgan fingerprint density at radius 3 is 2.59 bits per heavy atom. The van der Waals surface area contributed by atoms with Gasteiger partial charge in [0, 0.05) is 19.1 Å². The molecule has 3 rings (SSSR count). The fourth-order valence-corrected chi connectivity index (χ4v) is 3.14. The molecule has 0 aromatic rings. The fraction of sp³-hybridized carbons (Fsp3) is 0.833. The zero-order valence-electron chi connectivity index (χ0n) is 10.4. The van der Waals surface area contributed by atoms with Gasteiger partial charge in [0.25, 0.3) is 0 Å². The average molecular weight is 236 g/mol. The van der Waals surface area contributed by atoms with Gasteiger partial charge < -0.3 is 15.5 Å². The van der Waals surface area contributed by atoms with Crippen LogP contribution in [0, 0.1) is 0 Å². The molecular formula is C12H20N4O. The summed E-state index contributed by atoms with van der Waals surface area (Å²) in [6, 6.07) is 0.301. The monoisotopic (exact) mass is 236 g/mol. The molecule has 1 saturated carbocycles. The van der Waals surface area contributed by atoms with Gasteiger partial charge in [0.1, 0.15) is 11.4 Å². The average Bonchev–Trinajstić information content (AvgIpc) is 3.11. The number of aliphatic imine (C=N–C) groups is 1. The summed E-state index contributed by atoms with van der Waals surface area (Å²) in [6.07, 6.45) is 4.12. The van der Waals surface area contributed by atoms with Crippen molar-refractivity contribution in [2.24, 2.45) is 10.7 Å². The van der Waals surface area contributed by atoms with Crippen molar-refractivity contribution in [2.45, 2.75) is 44.2 Å². The summed E-state index contributed by atoms with van der Waals surface area (Å²) in [5.41, 5.74) is 5.80. The van der Waals surface area contributed by atoms with E-state index in [4.69, 9.17) is 5.73 Å².